The molecule has 0 heterocycles. The van der Waals surface area contributed by atoms with Gasteiger partial charge in [0.25, 0.3) is 0 Å². The monoisotopic (exact) mass is 248 g/mol. The van der Waals surface area contributed by atoms with Gasteiger partial charge in [-0.15, -0.1) is 0 Å². The van der Waals surface area contributed by atoms with Gasteiger partial charge in [-0.1, -0.05) is 19.1 Å². The summed E-state index contributed by atoms with van der Waals surface area (Å²) in [6, 6.07) is 0. The average Bonchev–Trinajstić information content (AvgIpc) is 2.50. The van der Waals surface area contributed by atoms with E-state index in [2.05, 4.69) is 13.5 Å². The predicted octanol–water partition coefficient (Wildman–Crippen LogP) is 2.97. The van der Waals surface area contributed by atoms with Crippen LogP contribution in [0, 0.1) is 17.8 Å². The fraction of sp³-hybridized carbons (Fsp3) is 0.600. The fourth-order valence-corrected chi connectivity index (χ4v) is 3.29. The smallest absolute Gasteiger partial charge is 0.331 e. The third-order valence-electron chi connectivity index (χ3n) is 4.64. The molecule has 0 bridgehead atoms. The van der Waals surface area contributed by atoms with E-state index < -0.39 is 5.97 Å². The summed E-state index contributed by atoms with van der Waals surface area (Å²) in [5, 5.41) is 9.07. The Labute approximate surface area is 108 Å². The molecule has 18 heavy (non-hydrogen) atoms. The Hall–Kier alpha value is -1.38. The lowest BCUT2D eigenvalue weighted by molar-refractivity contribution is -0.133. The number of allylic oxidation sites excluding steroid dienone is 2. The van der Waals surface area contributed by atoms with Crippen LogP contribution in [-0.2, 0) is 9.59 Å². The summed E-state index contributed by atoms with van der Waals surface area (Å²) < 4.78 is 0. The van der Waals surface area contributed by atoms with E-state index >= 15 is 0 Å². The molecule has 0 aromatic heterocycles. The molecule has 1 saturated carbocycles. The van der Waals surface area contributed by atoms with Crippen molar-refractivity contribution >= 4 is 11.8 Å². The first-order valence-electron chi connectivity index (χ1n) is 6.56. The number of ketones is 1. The number of carboxylic acids is 1. The molecule has 0 aromatic carbocycles. The van der Waals surface area contributed by atoms with Gasteiger partial charge in [0, 0.05) is 12.0 Å². The van der Waals surface area contributed by atoms with Gasteiger partial charge in [-0.2, -0.15) is 0 Å². The number of fused-ring (bicyclic) bond motifs is 1. The maximum atomic E-state index is 11.8. The molecule has 0 aliphatic heterocycles. The Morgan fingerprint density at radius 3 is 2.61 bits per heavy atom. The highest BCUT2D eigenvalue weighted by molar-refractivity contribution is 5.98. The van der Waals surface area contributed by atoms with Crippen LogP contribution in [0.4, 0.5) is 0 Å². The minimum atomic E-state index is -0.909. The molecule has 3 unspecified atom stereocenters. The van der Waals surface area contributed by atoms with E-state index in [0.717, 1.165) is 18.4 Å². The second-order valence-corrected chi connectivity index (χ2v) is 5.67. The molecule has 2 aliphatic rings. The SMILES string of the molecule is C=C(C(=O)O)C1CCC(C)C2CC(=O)C(C)=C2C1. The molecule has 0 amide bonds. The molecular formula is C15H20O3. The number of aliphatic carboxylic acids is 1. The van der Waals surface area contributed by atoms with E-state index in [1.165, 1.54) is 5.57 Å². The third kappa shape index (κ3) is 2.14. The van der Waals surface area contributed by atoms with Gasteiger partial charge in [0.2, 0.25) is 0 Å². The van der Waals surface area contributed by atoms with Gasteiger partial charge >= 0.3 is 5.97 Å². The number of Topliss-reactive ketones (excluding diaryl/α,β-unsaturated/α-hetero) is 1. The van der Waals surface area contributed by atoms with Gasteiger partial charge < -0.3 is 5.11 Å². The zero-order chi connectivity index (χ0) is 13.4. The minimum absolute atomic E-state index is 0.00852. The summed E-state index contributed by atoms with van der Waals surface area (Å²) in [7, 11) is 0. The van der Waals surface area contributed by atoms with Gasteiger partial charge in [0.15, 0.2) is 5.78 Å². The number of carbonyl (C=O) groups excluding carboxylic acids is 1. The normalized spacial score (nSPS) is 32.1. The quantitative estimate of drug-likeness (QED) is 0.764. The Balaban J connectivity index is 2.29. The summed E-state index contributed by atoms with van der Waals surface area (Å²) >= 11 is 0. The molecule has 3 heteroatoms. The highest BCUT2D eigenvalue weighted by atomic mass is 16.4. The Kier molecular flexibility index (Phi) is 3.42. The highest BCUT2D eigenvalue weighted by Gasteiger charge is 2.37. The first kappa shape index (κ1) is 13.1. The van der Waals surface area contributed by atoms with Crippen LogP contribution in [0.1, 0.15) is 39.5 Å². The lowest BCUT2D eigenvalue weighted by atomic mass is 9.86. The number of hydrogen-bond acceptors (Lipinski definition) is 2. The van der Waals surface area contributed by atoms with E-state index in [4.69, 9.17) is 5.11 Å². The van der Waals surface area contributed by atoms with E-state index in [1.54, 1.807) is 0 Å². The minimum Gasteiger partial charge on any atom is -0.478 e. The van der Waals surface area contributed by atoms with Crippen molar-refractivity contribution in [2.45, 2.75) is 39.5 Å². The van der Waals surface area contributed by atoms with Crippen molar-refractivity contribution in [2.24, 2.45) is 17.8 Å². The van der Waals surface area contributed by atoms with Gasteiger partial charge in [-0.3, -0.25) is 4.79 Å². The number of hydrogen-bond donors (Lipinski definition) is 1. The lowest BCUT2D eigenvalue weighted by Gasteiger charge is -2.18. The van der Waals surface area contributed by atoms with Crippen LogP contribution < -0.4 is 0 Å². The van der Waals surface area contributed by atoms with Crippen molar-refractivity contribution in [3.8, 4) is 0 Å². The molecule has 3 atom stereocenters. The first-order chi connectivity index (χ1) is 8.41. The van der Waals surface area contributed by atoms with E-state index in [1.807, 2.05) is 6.92 Å². The van der Waals surface area contributed by atoms with Crippen molar-refractivity contribution in [2.75, 3.05) is 0 Å². The van der Waals surface area contributed by atoms with Crippen LogP contribution >= 0.6 is 0 Å². The molecule has 0 saturated heterocycles. The molecule has 0 spiro atoms. The molecule has 1 fully saturated rings. The molecule has 0 aromatic rings. The van der Waals surface area contributed by atoms with Gasteiger partial charge in [0.1, 0.15) is 0 Å². The van der Waals surface area contributed by atoms with Crippen molar-refractivity contribution in [3.63, 3.8) is 0 Å². The van der Waals surface area contributed by atoms with Crippen LogP contribution in [0.25, 0.3) is 0 Å². The molecule has 2 aliphatic carbocycles. The molecule has 2 rings (SSSR count). The van der Waals surface area contributed by atoms with E-state index in [0.29, 0.717) is 30.3 Å². The van der Waals surface area contributed by atoms with Crippen molar-refractivity contribution in [1.29, 1.82) is 0 Å². The number of rotatable bonds is 2. The summed E-state index contributed by atoms with van der Waals surface area (Å²) in [5.74, 6) is 0.125. The average molecular weight is 248 g/mol. The Morgan fingerprint density at radius 2 is 2.00 bits per heavy atom. The maximum Gasteiger partial charge on any atom is 0.331 e. The summed E-state index contributed by atoms with van der Waals surface area (Å²) in [6.07, 6.45) is 3.17. The highest BCUT2D eigenvalue weighted by Crippen LogP contribution is 2.45. The Morgan fingerprint density at radius 1 is 1.33 bits per heavy atom. The lowest BCUT2D eigenvalue weighted by Crippen LogP contribution is -2.12. The standard InChI is InChI=1S/C15H20O3/c1-8-4-5-11(9(2)15(17)18)6-13-10(3)14(16)7-12(8)13/h8,11-12H,2,4-7H2,1,3H3,(H,17,18). The molecule has 1 N–H and O–H groups in total. The second-order valence-electron chi connectivity index (χ2n) is 5.67. The zero-order valence-corrected chi connectivity index (χ0v) is 11.0. The topological polar surface area (TPSA) is 54.4 Å². The van der Waals surface area contributed by atoms with Gasteiger partial charge in [-0.05, 0) is 49.5 Å². The number of carbonyl (C=O) groups is 2. The zero-order valence-electron chi connectivity index (χ0n) is 11.0. The second kappa shape index (κ2) is 4.71. The first-order valence-corrected chi connectivity index (χ1v) is 6.56. The number of carboxylic acid groups (broad SMARTS) is 1. The predicted molar refractivity (Wildman–Crippen MR) is 69.1 cm³/mol. The van der Waals surface area contributed by atoms with Crippen molar-refractivity contribution in [1.82, 2.24) is 0 Å². The maximum absolute atomic E-state index is 11.8. The van der Waals surface area contributed by atoms with E-state index in [9.17, 15) is 9.59 Å². The van der Waals surface area contributed by atoms with E-state index in [-0.39, 0.29) is 11.7 Å². The molecule has 3 nitrogen and oxygen atoms in total. The molecule has 98 valence electrons. The van der Waals surface area contributed by atoms with Crippen LogP contribution in [0.5, 0.6) is 0 Å². The van der Waals surface area contributed by atoms with Crippen molar-refractivity contribution in [3.05, 3.63) is 23.3 Å². The van der Waals surface area contributed by atoms with Crippen LogP contribution in [-0.4, -0.2) is 16.9 Å². The third-order valence-corrected chi connectivity index (χ3v) is 4.64. The van der Waals surface area contributed by atoms with Gasteiger partial charge in [-0.25, -0.2) is 4.79 Å². The largest absolute Gasteiger partial charge is 0.478 e. The summed E-state index contributed by atoms with van der Waals surface area (Å²) in [4.78, 5) is 22.9. The molecule has 0 radical (unpaired) electrons. The summed E-state index contributed by atoms with van der Waals surface area (Å²) in [5.41, 5.74) is 2.36. The fourth-order valence-electron chi connectivity index (χ4n) is 3.29. The van der Waals surface area contributed by atoms with Crippen LogP contribution in [0.15, 0.2) is 23.3 Å². The summed E-state index contributed by atoms with van der Waals surface area (Å²) in [6.45, 7) is 7.75. The Bertz CT molecular complexity index is 445. The van der Waals surface area contributed by atoms with Crippen molar-refractivity contribution < 1.29 is 14.7 Å². The van der Waals surface area contributed by atoms with Crippen LogP contribution in [0.2, 0.25) is 0 Å². The van der Waals surface area contributed by atoms with Gasteiger partial charge in [0.05, 0.1) is 0 Å². The van der Waals surface area contributed by atoms with Crippen LogP contribution in [0.3, 0.4) is 0 Å². The molecular weight excluding hydrogens is 228 g/mol.